The fraction of sp³-hybridized carbons (Fsp3) is 0.714. The lowest BCUT2D eigenvalue weighted by molar-refractivity contribution is -0.277. The van der Waals surface area contributed by atoms with Crippen LogP contribution in [0.3, 0.4) is 0 Å². The second-order valence-electron chi connectivity index (χ2n) is 11.0. The Morgan fingerprint density at radius 3 is 2.48 bits per heavy atom. The molecule has 2 aliphatic heterocycles. The molecule has 0 bridgehead atoms. The minimum absolute atomic E-state index is 0.0926. The molecule has 0 spiro atoms. The normalized spacial score (nSPS) is 28.1. The molecule has 2 heterocycles. The van der Waals surface area contributed by atoms with E-state index in [1.54, 1.807) is 24.3 Å². The van der Waals surface area contributed by atoms with Crippen LogP contribution in [0.1, 0.15) is 39.0 Å². The summed E-state index contributed by atoms with van der Waals surface area (Å²) in [7, 11) is 3.84. The number of hydrogen-bond acceptors (Lipinski definition) is 14. The van der Waals surface area contributed by atoms with Crippen LogP contribution in [0.25, 0.3) is 0 Å². The van der Waals surface area contributed by atoms with E-state index in [9.17, 15) is 45.3 Å². The van der Waals surface area contributed by atoms with Gasteiger partial charge in [0.1, 0.15) is 42.7 Å². The Kier molecular flexibility index (Phi) is 15.4. The number of amides is 2. The van der Waals surface area contributed by atoms with Crippen LogP contribution in [-0.2, 0) is 19.1 Å². The Morgan fingerprint density at radius 2 is 1.80 bits per heavy atom. The zero-order valence-electron chi connectivity index (χ0n) is 24.5. The molecule has 0 radical (unpaired) electrons. The number of hydrogen-bond donors (Lipinski definition) is 10. The lowest BCUT2D eigenvalue weighted by atomic mass is 9.97. The van der Waals surface area contributed by atoms with Crippen molar-refractivity contribution in [3.63, 3.8) is 0 Å². The average molecular weight is 664 g/mol. The molecule has 16 heteroatoms. The smallest absolute Gasteiger partial charge is 0.224 e. The van der Waals surface area contributed by atoms with Gasteiger partial charge in [0.25, 0.3) is 0 Å². The van der Waals surface area contributed by atoms with E-state index < -0.39 is 74.2 Å². The summed E-state index contributed by atoms with van der Waals surface area (Å²) >= 11 is 0. The minimum atomic E-state index is -1.87. The van der Waals surface area contributed by atoms with E-state index >= 15 is 0 Å². The first kappa shape index (κ1) is 36.8. The number of aliphatic hydroxyl groups excluding tert-OH is 7. The second-order valence-corrected chi connectivity index (χ2v) is 13.8. The maximum Gasteiger partial charge on any atom is 0.224 e. The number of carbonyl (C=O) groups excluding carboxylic acids is 2. The summed E-state index contributed by atoms with van der Waals surface area (Å²) in [5.41, 5.74) is 1.11. The van der Waals surface area contributed by atoms with Crippen molar-refractivity contribution >= 4 is 44.8 Å². The summed E-state index contributed by atoms with van der Waals surface area (Å²) in [6.07, 6.45) is -8.09. The van der Waals surface area contributed by atoms with Gasteiger partial charge in [0.05, 0.1) is 19.3 Å². The van der Waals surface area contributed by atoms with Gasteiger partial charge in [0.2, 0.25) is 11.8 Å². The van der Waals surface area contributed by atoms with Gasteiger partial charge in [-0.15, -0.1) is 0 Å². The van der Waals surface area contributed by atoms with Gasteiger partial charge in [-0.3, -0.25) is 9.59 Å². The lowest BCUT2D eigenvalue weighted by Gasteiger charge is -2.42. The van der Waals surface area contributed by atoms with Crippen molar-refractivity contribution in [2.75, 3.05) is 36.1 Å². The predicted octanol–water partition coefficient (Wildman–Crippen LogP) is -0.845. The Hall–Kier alpha value is -1.70. The molecular formula is C28H45N3O11S2. The largest absolute Gasteiger partial charge is 0.394 e. The summed E-state index contributed by atoms with van der Waals surface area (Å²) in [6, 6.07) is 5.56. The summed E-state index contributed by atoms with van der Waals surface area (Å²) < 4.78 is 10.8. The number of ether oxygens (including phenoxy) is 2. The average Bonchev–Trinajstić information content (AvgIpc) is 3.53. The fourth-order valence-electron chi connectivity index (χ4n) is 4.86. The molecule has 250 valence electrons. The Balaban J connectivity index is 1.43. The van der Waals surface area contributed by atoms with Crippen molar-refractivity contribution in [2.24, 2.45) is 0 Å². The molecule has 2 amide bonds. The molecule has 1 unspecified atom stereocenters. The van der Waals surface area contributed by atoms with Gasteiger partial charge in [-0.2, -0.15) is 0 Å². The van der Waals surface area contributed by atoms with Crippen LogP contribution in [0.5, 0.6) is 0 Å². The fourth-order valence-corrected chi connectivity index (χ4v) is 7.88. The highest BCUT2D eigenvalue weighted by Gasteiger charge is 2.45. The van der Waals surface area contributed by atoms with E-state index in [0.717, 1.165) is 19.3 Å². The zero-order chi connectivity index (χ0) is 32.2. The van der Waals surface area contributed by atoms with Crippen LogP contribution in [0, 0.1) is 0 Å². The van der Waals surface area contributed by atoms with E-state index in [4.69, 9.17) is 9.47 Å². The molecule has 3 rings (SSSR count). The van der Waals surface area contributed by atoms with Gasteiger partial charge in [-0.25, -0.2) is 0 Å². The first-order valence-electron chi connectivity index (χ1n) is 14.7. The number of unbranched alkanes of at least 4 members (excludes halogenated alkanes) is 1. The van der Waals surface area contributed by atoms with E-state index in [0.29, 0.717) is 23.0 Å². The number of nitrogens with one attached hydrogen (secondary N) is 3. The topological polar surface area (TPSA) is 230 Å². The van der Waals surface area contributed by atoms with E-state index in [2.05, 4.69) is 16.0 Å². The third kappa shape index (κ3) is 11.3. The third-order valence-electron chi connectivity index (χ3n) is 7.39. The van der Waals surface area contributed by atoms with Crippen LogP contribution in [0.2, 0.25) is 0 Å². The van der Waals surface area contributed by atoms with Crippen molar-refractivity contribution in [3.05, 3.63) is 24.3 Å². The van der Waals surface area contributed by atoms with Crippen molar-refractivity contribution in [2.45, 2.75) is 99.3 Å². The van der Waals surface area contributed by atoms with Crippen molar-refractivity contribution < 1.29 is 54.8 Å². The highest BCUT2D eigenvalue weighted by molar-refractivity contribution is 8.77. The van der Waals surface area contributed by atoms with Crippen molar-refractivity contribution in [3.8, 4) is 0 Å². The van der Waals surface area contributed by atoms with Crippen LogP contribution in [0.15, 0.2) is 24.3 Å². The molecule has 1 aromatic carbocycles. The molecule has 2 aliphatic rings. The molecule has 0 saturated carbocycles. The second kappa shape index (κ2) is 18.4. The SMILES string of the molecule is CC(=O)N[C@H]1[C@@H](OC[C@@H](O)[C@@H](O)[C@H](O)[C@@H](O)CNc2cccc(NC(=O)CCCCC3CCSS3)c2)O[C@H](CO)[C@H](O)[C@@H]1O. The summed E-state index contributed by atoms with van der Waals surface area (Å²) in [5.74, 6) is 0.535. The molecule has 0 aliphatic carbocycles. The number of rotatable bonds is 17. The molecule has 0 aromatic heterocycles. The predicted molar refractivity (Wildman–Crippen MR) is 166 cm³/mol. The first-order chi connectivity index (χ1) is 21.0. The number of carbonyl (C=O) groups is 2. The highest BCUT2D eigenvalue weighted by Crippen LogP contribution is 2.39. The van der Waals surface area contributed by atoms with Gasteiger partial charge in [0.15, 0.2) is 6.29 Å². The number of anilines is 2. The van der Waals surface area contributed by atoms with E-state index in [1.165, 1.54) is 19.1 Å². The van der Waals surface area contributed by atoms with Crippen LogP contribution in [-0.4, -0.2) is 133 Å². The molecule has 2 fully saturated rings. The molecule has 14 nitrogen and oxygen atoms in total. The maximum atomic E-state index is 12.4. The maximum absolute atomic E-state index is 12.4. The van der Waals surface area contributed by atoms with Gasteiger partial charge < -0.3 is 61.2 Å². The third-order valence-corrected chi connectivity index (χ3v) is 10.4. The standard InChI is InChI=1S/C28H45N3O11S2/c1-15(33)30-23-27(40)26(39)21(13-32)42-28(23)41-14-20(35)25(38)24(37)19(34)12-29-16-5-4-6-17(11-16)31-22(36)8-3-2-7-18-9-10-43-44-18/h4-6,11,18-21,23-29,32,34-35,37-40H,2-3,7-10,12-14H2,1H3,(H,30,33)(H,31,36)/t18?,19-,20+,21+,23+,24+,25+,26-,27+,28-/m0/s1. The van der Waals surface area contributed by atoms with Crippen molar-refractivity contribution in [1.82, 2.24) is 5.32 Å². The lowest BCUT2D eigenvalue weighted by Crippen LogP contribution is -2.65. The molecular weight excluding hydrogens is 618 g/mol. The Labute approximate surface area is 264 Å². The van der Waals surface area contributed by atoms with Crippen LogP contribution >= 0.6 is 21.6 Å². The van der Waals surface area contributed by atoms with Crippen molar-refractivity contribution in [1.29, 1.82) is 0 Å². The summed E-state index contributed by atoms with van der Waals surface area (Å²) in [5, 5.41) is 80.4. The van der Waals surface area contributed by atoms with E-state index in [1.807, 2.05) is 21.6 Å². The van der Waals surface area contributed by atoms with Crippen LogP contribution < -0.4 is 16.0 Å². The first-order valence-corrected chi connectivity index (χ1v) is 17.0. The Bertz CT molecular complexity index is 1040. The molecule has 10 atom stereocenters. The number of aliphatic hydroxyl groups is 7. The molecule has 10 N–H and O–H groups in total. The monoisotopic (exact) mass is 663 g/mol. The summed E-state index contributed by atoms with van der Waals surface area (Å²) in [6.45, 7) is -0.356. The highest BCUT2D eigenvalue weighted by atomic mass is 33.1. The Morgan fingerprint density at radius 1 is 1.07 bits per heavy atom. The van der Waals surface area contributed by atoms with Gasteiger partial charge >= 0.3 is 0 Å². The number of benzene rings is 1. The van der Waals surface area contributed by atoms with Gasteiger partial charge in [-0.05, 0) is 37.5 Å². The van der Waals surface area contributed by atoms with Gasteiger partial charge in [0, 0.05) is 42.3 Å². The quantitative estimate of drug-likeness (QED) is 0.0724. The zero-order valence-corrected chi connectivity index (χ0v) is 26.2. The summed E-state index contributed by atoms with van der Waals surface area (Å²) in [4.78, 5) is 23.9. The van der Waals surface area contributed by atoms with Crippen LogP contribution in [0.4, 0.5) is 11.4 Å². The molecule has 44 heavy (non-hydrogen) atoms. The van der Waals surface area contributed by atoms with Gasteiger partial charge in [-0.1, -0.05) is 34.1 Å². The molecule has 1 aromatic rings. The molecule has 2 saturated heterocycles. The minimum Gasteiger partial charge on any atom is -0.394 e. The van der Waals surface area contributed by atoms with E-state index in [-0.39, 0.29) is 12.5 Å².